The number of Topliss-reactive ketones (excluding diaryl/α,β-unsaturated/α-hetero) is 1. The first-order valence-corrected chi connectivity index (χ1v) is 7.69. The molecule has 0 spiro atoms. The third kappa shape index (κ3) is 2.51. The number of ketones is 1. The highest BCUT2D eigenvalue weighted by molar-refractivity contribution is 5.97. The molecule has 4 nitrogen and oxygen atoms in total. The van der Waals surface area contributed by atoms with Gasteiger partial charge >= 0.3 is 5.95 Å². The lowest BCUT2D eigenvalue weighted by Crippen LogP contribution is -3.00. The predicted octanol–water partition coefficient (Wildman–Crippen LogP) is -0.447. The number of imidazole rings is 1. The summed E-state index contributed by atoms with van der Waals surface area (Å²) in [4.78, 5) is 12.6. The van der Waals surface area contributed by atoms with Crippen LogP contribution >= 0.6 is 0 Å². The molecule has 0 unspecified atom stereocenters. The van der Waals surface area contributed by atoms with Crippen LogP contribution in [0.4, 0.5) is 10.3 Å². The molecule has 0 radical (unpaired) electrons. The van der Waals surface area contributed by atoms with Gasteiger partial charge in [-0.15, -0.1) is 0 Å². The molecule has 1 N–H and O–H groups in total. The summed E-state index contributed by atoms with van der Waals surface area (Å²) >= 11 is 0. The quantitative estimate of drug-likeness (QED) is 0.484. The number of para-hydroxylation sites is 1. The Morgan fingerprint density at radius 1 is 1.25 bits per heavy atom. The Bertz CT molecular complexity index is 918. The van der Waals surface area contributed by atoms with Gasteiger partial charge in [0.1, 0.15) is 23.4 Å². The fourth-order valence-electron chi connectivity index (χ4n) is 3.43. The van der Waals surface area contributed by atoms with Gasteiger partial charge in [-0.3, -0.25) is 10.1 Å². The van der Waals surface area contributed by atoms with Crippen molar-refractivity contribution in [2.75, 3.05) is 12.4 Å². The number of hydrogen-bond donors (Lipinski definition) is 1. The van der Waals surface area contributed by atoms with Crippen LogP contribution in [0.1, 0.15) is 15.9 Å². The van der Waals surface area contributed by atoms with Crippen molar-refractivity contribution >= 4 is 22.8 Å². The van der Waals surface area contributed by atoms with Crippen molar-refractivity contribution in [3.05, 3.63) is 59.4 Å². The first kappa shape index (κ1) is 16.6. The maximum Gasteiger partial charge on any atom is 0.358 e. The molecule has 1 aliphatic rings. The van der Waals surface area contributed by atoms with E-state index in [4.69, 9.17) is 0 Å². The van der Waals surface area contributed by atoms with Crippen molar-refractivity contribution in [3.63, 3.8) is 0 Å². The Hall–Kier alpha value is -2.21. The molecule has 0 atom stereocenters. The van der Waals surface area contributed by atoms with E-state index in [0.29, 0.717) is 5.56 Å². The Kier molecular flexibility index (Phi) is 4.41. The Labute approximate surface area is 149 Å². The van der Waals surface area contributed by atoms with E-state index in [2.05, 4.69) is 16.0 Å². The van der Waals surface area contributed by atoms with E-state index in [1.807, 2.05) is 23.7 Å². The molecule has 0 saturated heterocycles. The third-order valence-corrected chi connectivity index (χ3v) is 4.47. The van der Waals surface area contributed by atoms with Crippen molar-refractivity contribution in [1.82, 2.24) is 4.57 Å². The van der Waals surface area contributed by atoms with Gasteiger partial charge in [0.05, 0.1) is 13.6 Å². The number of anilines is 1. The summed E-state index contributed by atoms with van der Waals surface area (Å²) in [6.45, 7) is 1.15. The molecule has 6 heteroatoms. The topological polar surface area (TPSA) is 37.9 Å². The lowest BCUT2D eigenvalue weighted by atomic mass is 10.1. The maximum absolute atomic E-state index is 13.0. The average Bonchev–Trinajstić information content (AvgIpc) is 3.11. The zero-order valence-corrected chi connectivity index (χ0v) is 14.8. The highest BCUT2D eigenvalue weighted by Crippen LogP contribution is 2.26. The number of nitrogens with one attached hydrogen (secondary N) is 1. The number of benzene rings is 2. The molecule has 1 aliphatic heterocycles. The van der Waals surface area contributed by atoms with E-state index in [9.17, 15) is 9.18 Å². The van der Waals surface area contributed by atoms with Gasteiger partial charge in [0.2, 0.25) is 0 Å². The number of carbonyl (C=O) groups excluding carboxylic acids is 1. The number of carbonyl (C=O) groups is 1. The molecule has 0 aliphatic carbocycles. The van der Waals surface area contributed by atoms with Gasteiger partial charge in [-0.2, -0.15) is 0 Å². The van der Waals surface area contributed by atoms with Crippen molar-refractivity contribution in [2.24, 2.45) is 0 Å². The molecule has 0 amide bonds. The summed E-state index contributed by atoms with van der Waals surface area (Å²) in [5.41, 5.74) is 4.09. The smallest absolute Gasteiger partial charge is 0.358 e. The number of rotatable bonds is 4. The third-order valence-electron chi connectivity index (χ3n) is 4.47. The van der Waals surface area contributed by atoms with Crippen LogP contribution < -0.4 is 26.9 Å². The molecule has 0 fully saturated rings. The minimum Gasteiger partial charge on any atom is -1.00 e. The van der Waals surface area contributed by atoms with Gasteiger partial charge in [0.25, 0.3) is 0 Å². The zero-order chi connectivity index (χ0) is 16.0. The second-order valence-corrected chi connectivity index (χ2v) is 5.78. The van der Waals surface area contributed by atoms with Crippen LogP contribution in [0, 0.1) is 5.82 Å². The van der Waals surface area contributed by atoms with Crippen molar-refractivity contribution in [1.29, 1.82) is 0 Å². The summed E-state index contributed by atoms with van der Waals surface area (Å²) in [6.07, 6.45) is 1.02. The largest absolute Gasteiger partial charge is 1.00 e. The second kappa shape index (κ2) is 6.36. The molecule has 124 valence electrons. The molecule has 24 heavy (non-hydrogen) atoms. The number of nitrogens with zero attached hydrogens (tertiary/aromatic N) is 2. The molecule has 0 bridgehead atoms. The number of hydrogen-bond acceptors (Lipinski definition) is 2. The van der Waals surface area contributed by atoms with Gasteiger partial charge < -0.3 is 17.0 Å². The molecule has 0 saturated carbocycles. The van der Waals surface area contributed by atoms with E-state index in [1.54, 1.807) is 0 Å². The van der Waals surface area contributed by atoms with E-state index in [-0.39, 0.29) is 35.1 Å². The van der Waals surface area contributed by atoms with Crippen LogP contribution in [-0.2, 0) is 19.5 Å². The lowest BCUT2D eigenvalue weighted by Gasteiger charge is -2.05. The van der Waals surface area contributed by atoms with Gasteiger partial charge in [-0.1, -0.05) is 12.1 Å². The normalized spacial score (nSPS) is 12.2. The van der Waals surface area contributed by atoms with Gasteiger partial charge in [-0.25, -0.2) is 13.5 Å². The highest BCUT2D eigenvalue weighted by atomic mass is 79.9. The summed E-state index contributed by atoms with van der Waals surface area (Å²) in [5.74, 6) is 0.567. The number of aryl methyl sites for hydroxylation is 2. The molecule has 2 aromatic carbocycles. The SMILES string of the molecule is CNc1n(CC(=O)c2ccc(F)cc2)c2cccc3c2[n+]1CC3.[Br-]. The van der Waals surface area contributed by atoms with Gasteiger partial charge in [0, 0.05) is 12.0 Å². The van der Waals surface area contributed by atoms with Crippen LogP contribution in [0.25, 0.3) is 11.0 Å². The number of halogens is 2. The minimum atomic E-state index is -0.333. The standard InChI is InChI=1S/C18H16FN3O.BrH/c1-20-18-21-10-9-13-3-2-4-15(17(13)21)22(18)11-16(23)12-5-7-14(19)8-6-12;/h2-8H,9-11H2,1H3;1H. The molecule has 3 aromatic rings. The highest BCUT2D eigenvalue weighted by Gasteiger charge is 2.29. The Balaban J connectivity index is 0.00000169. The Morgan fingerprint density at radius 2 is 2.00 bits per heavy atom. The van der Waals surface area contributed by atoms with E-state index in [1.165, 1.54) is 35.3 Å². The predicted molar refractivity (Wildman–Crippen MR) is 86.1 cm³/mol. The van der Waals surface area contributed by atoms with Crippen LogP contribution in [0.15, 0.2) is 42.5 Å². The molecule has 2 heterocycles. The monoisotopic (exact) mass is 389 g/mol. The summed E-state index contributed by atoms with van der Waals surface area (Å²) in [7, 11) is 1.87. The minimum absolute atomic E-state index is 0. The fourth-order valence-corrected chi connectivity index (χ4v) is 3.43. The first-order chi connectivity index (χ1) is 11.2. The van der Waals surface area contributed by atoms with Crippen LogP contribution in [-0.4, -0.2) is 17.4 Å². The first-order valence-electron chi connectivity index (χ1n) is 7.69. The van der Waals surface area contributed by atoms with Gasteiger partial charge in [0.15, 0.2) is 5.78 Å². The molecule has 4 rings (SSSR count). The Morgan fingerprint density at radius 3 is 2.71 bits per heavy atom. The van der Waals surface area contributed by atoms with Gasteiger partial charge in [-0.05, 0) is 35.9 Å². The summed E-state index contributed by atoms with van der Waals surface area (Å²) in [6, 6.07) is 11.9. The second-order valence-electron chi connectivity index (χ2n) is 5.78. The molecular weight excluding hydrogens is 373 g/mol. The van der Waals surface area contributed by atoms with Crippen molar-refractivity contribution in [3.8, 4) is 0 Å². The van der Waals surface area contributed by atoms with Crippen molar-refractivity contribution < 1.29 is 30.7 Å². The van der Waals surface area contributed by atoms with Crippen LogP contribution in [0.2, 0.25) is 0 Å². The summed E-state index contributed by atoms with van der Waals surface area (Å²) in [5, 5.41) is 3.22. The average molecular weight is 390 g/mol. The van der Waals surface area contributed by atoms with Crippen LogP contribution in [0.5, 0.6) is 0 Å². The zero-order valence-electron chi connectivity index (χ0n) is 13.2. The number of aromatic nitrogens is 2. The molecular formula is C18H17BrFN3O. The van der Waals surface area contributed by atoms with Crippen molar-refractivity contribution in [2.45, 2.75) is 19.5 Å². The summed E-state index contributed by atoms with van der Waals surface area (Å²) < 4.78 is 17.3. The molecule has 1 aromatic heterocycles. The van der Waals surface area contributed by atoms with E-state index in [0.717, 1.165) is 24.4 Å². The lowest BCUT2D eigenvalue weighted by molar-refractivity contribution is -0.650. The van der Waals surface area contributed by atoms with E-state index < -0.39 is 0 Å². The van der Waals surface area contributed by atoms with E-state index >= 15 is 0 Å². The van der Waals surface area contributed by atoms with Crippen LogP contribution in [0.3, 0.4) is 0 Å². The fraction of sp³-hybridized carbons (Fsp3) is 0.222. The maximum atomic E-state index is 13.0.